The Bertz CT molecular complexity index is 370. The average molecular weight is 204 g/mol. The van der Waals surface area contributed by atoms with Crippen LogP contribution in [0, 0.1) is 0 Å². The van der Waals surface area contributed by atoms with Crippen molar-refractivity contribution in [1.29, 1.82) is 0 Å². The third-order valence-corrected chi connectivity index (χ3v) is 2.57. The maximum atomic E-state index is 11.6. The van der Waals surface area contributed by atoms with Crippen LogP contribution in [0.2, 0.25) is 0 Å². The summed E-state index contributed by atoms with van der Waals surface area (Å²) in [4.78, 5) is 22.6. The van der Waals surface area contributed by atoms with Crippen LogP contribution in [0.1, 0.15) is 30.7 Å². The van der Waals surface area contributed by atoms with Gasteiger partial charge in [0.05, 0.1) is 5.92 Å². The molecule has 0 amide bonds. The number of rotatable bonds is 1. The Morgan fingerprint density at radius 3 is 2.60 bits per heavy atom. The van der Waals surface area contributed by atoms with Crippen LogP contribution >= 0.6 is 0 Å². The van der Waals surface area contributed by atoms with E-state index in [-0.39, 0.29) is 5.92 Å². The number of hydrogen-bond donors (Lipinski definition) is 0. The van der Waals surface area contributed by atoms with E-state index in [2.05, 4.69) is 0 Å². The smallest absolute Gasteiger partial charge is 0.321 e. The molecule has 1 aliphatic rings. The van der Waals surface area contributed by atoms with Crippen molar-refractivity contribution in [2.45, 2.75) is 25.2 Å². The van der Waals surface area contributed by atoms with E-state index < -0.39 is 11.9 Å². The van der Waals surface area contributed by atoms with E-state index in [1.54, 1.807) is 0 Å². The summed E-state index contributed by atoms with van der Waals surface area (Å²) in [6.07, 6.45) is 1.74. The van der Waals surface area contributed by atoms with Gasteiger partial charge in [-0.1, -0.05) is 30.3 Å². The second-order valence-corrected chi connectivity index (χ2v) is 3.65. The molecule has 1 aromatic rings. The second kappa shape index (κ2) is 4.26. The predicted molar refractivity (Wildman–Crippen MR) is 54.1 cm³/mol. The molecule has 1 atom stereocenters. The van der Waals surface area contributed by atoms with Gasteiger partial charge >= 0.3 is 11.9 Å². The van der Waals surface area contributed by atoms with Gasteiger partial charge in [0, 0.05) is 6.42 Å². The Balaban J connectivity index is 2.21. The first-order valence-electron chi connectivity index (χ1n) is 5.07. The maximum Gasteiger partial charge on any atom is 0.321 e. The second-order valence-electron chi connectivity index (χ2n) is 3.65. The van der Waals surface area contributed by atoms with E-state index in [0.29, 0.717) is 19.3 Å². The van der Waals surface area contributed by atoms with Crippen LogP contribution in [-0.2, 0) is 14.3 Å². The van der Waals surface area contributed by atoms with Crippen LogP contribution in [-0.4, -0.2) is 11.9 Å². The SMILES string of the molecule is O=C1CCCC(c2ccccc2)C(=O)O1. The molecule has 1 fully saturated rings. The minimum Gasteiger partial charge on any atom is -0.393 e. The number of carbonyl (C=O) groups excluding carboxylic acids is 2. The summed E-state index contributed by atoms with van der Waals surface area (Å²) in [6.45, 7) is 0. The van der Waals surface area contributed by atoms with Crippen molar-refractivity contribution in [2.75, 3.05) is 0 Å². The molecule has 0 spiro atoms. The quantitative estimate of drug-likeness (QED) is 0.519. The van der Waals surface area contributed by atoms with Crippen molar-refractivity contribution in [1.82, 2.24) is 0 Å². The van der Waals surface area contributed by atoms with Gasteiger partial charge in [-0.2, -0.15) is 0 Å². The fourth-order valence-electron chi connectivity index (χ4n) is 1.79. The Morgan fingerprint density at radius 1 is 1.13 bits per heavy atom. The Kier molecular flexibility index (Phi) is 2.81. The highest BCUT2D eigenvalue weighted by Crippen LogP contribution is 2.26. The molecular weight excluding hydrogens is 192 g/mol. The molecule has 0 radical (unpaired) electrons. The van der Waals surface area contributed by atoms with Crippen molar-refractivity contribution in [2.24, 2.45) is 0 Å². The van der Waals surface area contributed by atoms with Gasteiger partial charge in [0.25, 0.3) is 0 Å². The van der Waals surface area contributed by atoms with Crippen LogP contribution in [0.5, 0.6) is 0 Å². The molecule has 0 aromatic heterocycles. The average Bonchev–Trinajstić information content (AvgIpc) is 2.40. The number of esters is 2. The summed E-state index contributed by atoms with van der Waals surface area (Å²) in [7, 11) is 0. The molecule has 2 rings (SSSR count). The molecule has 78 valence electrons. The molecule has 3 nitrogen and oxygen atoms in total. The highest BCUT2D eigenvalue weighted by molar-refractivity contribution is 5.90. The monoisotopic (exact) mass is 204 g/mol. The normalized spacial score (nSPS) is 22.0. The first kappa shape index (κ1) is 9.90. The summed E-state index contributed by atoms with van der Waals surface area (Å²) in [5.74, 6) is -1.10. The molecule has 1 aromatic carbocycles. The van der Waals surface area contributed by atoms with Gasteiger partial charge in [-0.25, -0.2) is 0 Å². The van der Waals surface area contributed by atoms with E-state index in [1.807, 2.05) is 30.3 Å². The molecule has 15 heavy (non-hydrogen) atoms. The molecule has 0 N–H and O–H groups in total. The number of hydrogen-bond acceptors (Lipinski definition) is 3. The number of ether oxygens (including phenoxy) is 1. The zero-order chi connectivity index (χ0) is 10.7. The molecular formula is C12H12O3. The first-order chi connectivity index (χ1) is 7.27. The van der Waals surface area contributed by atoms with Gasteiger partial charge in [0.2, 0.25) is 0 Å². The summed E-state index contributed by atoms with van der Waals surface area (Å²) in [6, 6.07) is 9.45. The van der Waals surface area contributed by atoms with Gasteiger partial charge in [-0.15, -0.1) is 0 Å². The Morgan fingerprint density at radius 2 is 1.87 bits per heavy atom. The molecule has 1 aliphatic heterocycles. The van der Waals surface area contributed by atoms with E-state index >= 15 is 0 Å². The van der Waals surface area contributed by atoms with Crippen LogP contribution in [0.4, 0.5) is 0 Å². The lowest BCUT2D eigenvalue weighted by Gasteiger charge is -2.10. The summed E-state index contributed by atoms with van der Waals surface area (Å²) in [5.41, 5.74) is 0.928. The van der Waals surface area contributed by atoms with Gasteiger partial charge in [-0.3, -0.25) is 9.59 Å². The Labute approximate surface area is 88.1 Å². The standard InChI is InChI=1S/C12H12O3/c13-11-8-4-7-10(12(14)15-11)9-5-2-1-3-6-9/h1-3,5-6,10H,4,7-8H2. The zero-order valence-corrected chi connectivity index (χ0v) is 8.31. The van der Waals surface area contributed by atoms with E-state index in [1.165, 1.54) is 0 Å². The third-order valence-electron chi connectivity index (χ3n) is 2.57. The number of cyclic esters (lactones) is 2. The van der Waals surface area contributed by atoms with Gasteiger partial charge in [-0.05, 0) is 18.4 Å². The topological polar surface area (TPSA) is 43.4 Å². The zero-order valence-electron chi connectivity index (χ0n) is 8.31. The van der Waals surface area contributed by atoms with E-state index in [0.717, 1.165) is 5.56 Å². The summed E-state index contributed by atoms with van der Waals surface area (Å²) >= 11 is 0. The van der Waals surface area contributed by atoms with E-state index in [4.69, 9.17) is 4.74 Å². The van der Waals surface area contributed by atoms with Crippen molar-refractivity contribution >= 4 is 11.9 Å². The van der Waals surface area contributed by atoms with Crippen molar-refractivity contribution < 1.29 is 14.3 Å². The van der Waals surface area contributed by atoms with Gasteiger partial charge < -0.3 is 4.74 Å². The lowest BCUT2D eigenvalue weighted by Crippen LogP contribution is -2.15. The first-order valence-corrected chi connectivity index (χ1v) is 5.07. The fraction of sp³-hybridized carbons (Fsp3) is 0.333. The van der Waals surface area contributed by atoms with Crippen LogP contribution in [0.25, 0.3) is 0 Å². The molecule has 0 saturated carbocycles. The summed E-state index contributed by atoms with van der Waals surface area (Å²) < 4.78 is 4.70. The molecule has 3 heteroatoms. The van der Waals surface area contributed by atoms with Crippen LogP contribution < -0.4 is 0 Å². The largest absolute Gasteiger partial charge is 0.393 e. The molecule has 1 heterocycles. The van der Waals surface area contributed by atoms with Gasteiger partial charge in [0.15, 0.2) is 0 Å². The third kappa shape index (κ3) is 2.24. The molecule has 1 saturated heterocycles. The van der Waals surface area contributed by atoms with Crippen molar-refractivity contribution in [3.8, 4) is 0 Å². The summed E-state index contributed by atoms with van der Waals surface area (Å²) in [5, 5.41) is 0. The van der Waals surface area contributed by atoms with Crippen LogP contribution in [0.15, 0.2) is 30.3 Å². The lowest BCUT2D eigenvalue weighted by atomic mass is 9.94. The minimum absolute atomic E-state index is 0.280. The molecule has 0 aliphatic carbocycles. The highest BCUT2D eigenvalue weighted by Gasteiger charge is 2.27. The number of benzene rings is 1. The fourth-order valence-corrected chi connectivity index (χ4v) is 1.79. The Hall–Kier alpha value is -1.64. The lowest BCUT2D eigenvalue weighted by molar-refractivity contribution is -0.159. The van der Waals surface area contributed by atoms with Crippen molar-refractivity contribution in [3.05, 3.63) is 35.9 Å². The molecule has 0 bridgehead atoms. The van der Waals surface area contributed by atoms with Gasteiger partial charge in [0.1, 0.15) is 0 Å². The predicted octanol–water partition coefficient (Wildman–Crippen LogP) is 2.02. The highest BCUT2D eigenvalue weighted by atomic mass is 16.6. The number of carbonyl (C=O) groups is 2. The van der Waals surface area contributed by atoms with Crippen molar-refractivity contribution in [3.63, 3.8) is 0 Å². The molecule has 1 unspecified atom stereocenters. The minimum atomic E-state index is -0.413. The van der Waals surface area contributed by atoms with E-state index in [9.17, 15) is 9.59 Å². The van der Waals surface area contributed by atoms with Crippen LogP contribution in [0.3, 0.4) is 0 Å². The maximum absolute atomic E-state index is 11.6.